The SMILES string of the molecule is [2H]c1c(C)cc(C2CCCCC2)n(O)c1=O. The zero-order chi connectivity index (χ0) is 11.7. The number of rotatable bonds is 1. The molecule has 0 aromatic carbocycles. The van der Waals surface area contributed by atoms with Gasteiger partial charge < -0.3 is 5.21 Å². The first-order chi connectivity index (χ1) is 7.61. The van der Waals surface area contributed by atoms with Gasteiger partial charge in [-0.05, 0) is 31.4 Å². The second-order valence-electron chi connectivity index (χ2n) is 4.33. The van der Waals surface area contributed by atoms with E-state index < -0.39 is 5.56 Å². The predicted molar refractivity (Wildman–Crippen MR) is 58.4 cm³/mol. The number of hydrogen-bond donors (Lipinski definition) is 1. The van der Waals surface area contributed by atoms with Crippen molar-refractivity contribution in [2.75, 3.05) is 0 Å². The monoisotopic (exact) mass is 208 g/mol. The van der Waals surface area contributed by atoms with Crippen LogP contribution in [0, 0.1) is 6.92 Å². The minimum atomic E-state index is -0.597. The van der Waals surface area contributed by atoms with Crippen molar-refractivity contribution >= 4 is 0 Å². The molecule has 3 nitrogen and oxygen atoms in total. The van der Waals surface area contributed by atoms with Gasteiger partial charge in [-0.25, -0.2) is 0 Å². The molecular weight excluding hydrogens is 190 g/mol. The standard InChI is InChI=1S/C12H17NO2/c1-9-7-11(13(15)12(14)8-9)10-5-3-2-4-6-10/h7-8,10,15H,2-6H2,1H3/i8D. The summed E-state index contributed by atoms with van der Waals surface area (Å²) in [5.41, 5.74) is 0.731. The fourth-order valence-corrected chi connectivity index (χ4v) is 2.35. The third kappa shape index (κ3) is 2.06. The van der Waals surface area contributed by atoms with Crippen LogP contribution in [0.3, 0.4) is 0 Å². The molecule has 0 spiro atoms. The van der Waals surface area contributed by atoms with Gasteiger partial charge in [-0.3, -0.25) is 4.79 Å². The number of pyridine rings is 1. The molecule has 1 aliphatic rings. The quantitative estimate of drug-likeness (QED) is 0.720. The van der Waals surface area contributed by atoms with Crippen molar-refractivity contribution in [2.45, 2.75) is 44.9 Å². The van der Waals surface area contributed by atoms with Crippen molar-refractivity contribution in [3.8, 4) is 0 Å². The zero-order valence-corrected chi connectivity index (χ0v) is 8.99. The van der Waals surface area contributed by atoms with E-state index in [1.165, 1.54) is 6.42 Å². The first-order valence-corrected chi connectivity index (χ1v) is 5.53. The van der Waals surface area contributed by atoms with E-state index in [0.717, 1.165) is 25.7 Å². The summed E-state index contributed by atoms with van der Waals surface area (Å²) in [5, 5.41) is 9.74. The van der Waals surface area contributed by atoms with E-state index in [1.807, 2.05) is 0 Å². The van der Waals surface area contributed by atoms with Gasteiger partial charge in [0.05, 0.1) is 7.06 Å². The van der Waals surface area contributed by atoms with Crippen LogP contribution in [0.4, 0.5) is 0 Å². The fraction of sp³-hybridized carbons (Fsp3) is 0.583. The van der Waals surface area contributed by atoms with Crippen molar-refractivity contribution < 1.29 is 6.58 Å². The molecule has 0 aliphatic heterocycles. The summed E-state index contributed by atoms with van der Waals surface area (Å²) in [7, 11) is 0. The summed E-state index contributed by atoms with van der Waals surface area (Å²) in [5.74, 6) is 0.269. The molecule has 1 N–H and O–H groups in total. The van der Waals surface area contributed by atoms with Gasteiger partial charge in [0.25, 0.3) is 5.56 Å². The number of aryl methyl sites for hydroxylation is 1. The van der Waals surface area contributed by atoms with E-state index in [2.05, 4.69) is 0 Å². The summed E-state index contributed by atoms with van der Waals surface area (Å²) in [6.07, 6.45) is 5.59. The van der Waals surface area contributed by atoms with E-state index in [4.69, 9.17) is 1.37 Å². The molecule has 0 atom stereocenters. The molecule has 1 aromatic rings. The average Bonchev–Trinajstić information content (AvgIpc) is 2.32. The molecule has 0 unspecified atom stereocenters. The van der Waals surface area contributed by atoms with Crippen LogP contribution in [0.15, 0.2) is 16.9 Å². The fourth-order valence-electron chi connectivity index (χ4n) is 2.35. The molecule has 1 aliphatic carbocycles. The van der Waals surface area contributed by atoms with Crippen LogP contribution < -0.4 is 5.56 Å². The molecule has 0 saturated heterocycles. The normalized spacial score (nSPS) is 18.9. The van der Waals surface area contributed by atoms with Gasteiger partial charge in [0.15, 0.2) is 0 Å². The Morgan fingerprint density at radius 1 is 1.47 bits per heavy atom. The highest BCUT2D eigenvalue weighted by Gasteiger charge is 2.19. The summed E-state index contributed by atoms with van der Waals surface area (Å²) >= 11 is 0. The summed E-state index contributed by atoms with van der Waals surface area (Å²) < 4.78 is 8.17. The van der Waals surface area contributed by atoms with Gasteiger partial charge >= 0.3 is 0 Å². The molecule has 82 valence electrons. The maximum atomic E-state index is 11.6. The molecule has 2 rings (SSSR count). The van der Waals surface area contributed by atoms with Gasteiger partial charge in [-0.15, -0.1) is 0 Å². The Bertz CT molecular complexity index is 447. The number of nitrogens with zero attached hydrogens (tertiary/aromatic N) is 1. The van der Waals surface area contributed by atoms with E-state index in [9.17, 15) is 10.0 Å². The lowest BCUT2D eigenvalue weighted by molar-refractivity contribution is 0.156. The van der Waals surface area contributed by atoms with Gasteiger partial charge in [0, 0.05) is 12.0 Å². The first-order valence-electron chi connectivity index (χ1n) is 6.03. The summed E-state index contributed by atoms with van der Waals surface area (Å²) in [4.78, 5) is 11.6. The highest BCUT2D eigenvalue weighted by atomic mass is 16.5. The first kappa shape index (κ1) is 9.01. The summed E-state index contributed by atoms with van der Waals surface area (Å²) in [6.45, 7) is 1.75. The Balaban J connectivity index is 2.44. The lowest BCUT2D eigenvalue weighted by atomic mass is 9.86. The Hall–Kier alpha value is -1.25. The second-order valence-corrected chi connectivity index (χ2v) is 4.33. The van der Waals surface area contributed by atoms with Crippen molar-refractivity contribution in [3.05, 3.63) is 33.7 Å². The number of aromatic nitrogens is 1. The highest BCUT2D eigenvalue weighted by molar-refractivity contribution is 5.19. The second kappa shape index (κ2) is 4.09. The van der Waals surface area contributed by atoms with Crippen LogP contribution in [0.1, 0.15) is 50.7 Å². The highest BCUT2D eigenvalue weighted by Crippen LogP contribution is 2.31. The van der Waals surface area contributed by atoms with Crippen molar-refractivity contribution in [3.63, 3.8) is 0 Å². The Morgan fingerprint density at radius 3 is 2.80 bits per heavy atom. The van der Waals surface area contributed by atoms with Gasteiger partial charge in [-0.2, -0.15) is 4.73 Å². The molecule has 15 heavy (non-hydrogen) atoms. The van der Waals surface area contributed by atoms with Crippen LogP contribution in [0.2, 0.25) is 0 Å². The minimum Gasteiger partial charge on any atom is -0.425 e. The van der Waals surface area contributed by atoms with E-state index in [1.54, 1.807) is 13.0 Å². The smallest absolute Gasteiger partial charge is 0.283 e. The van der Waals surface area contributed by atoms with Crippen LogP contribution in [0.5, 0.6) is 0 Å². The molecule has 1 heterocycles. The summed E-state index contributed by atoms with van der Waals surface area (Å²) in [6, 6.07) is 1.67. The Labute approximate surface area is 90.7 Å². The van der Waals surface area contributed by atoms with Crippen molar-refractivity contribution in [2.24, 2.45) is 0 Å². The third-order valence-corrected chi connectivity index (χ3v) is 3.13. The maximum Gasteiger partial charge on any atom is 0.283 e. The van der Waals surface area contributed by atoms with Crippen molar-refractivity contribution in [1.29, 1.82) is 0 Å². The van der Waals surface area contributed by atoms with Crippen LogP contribution in [-0.2, 0) is 0 Å². The molecule has 0 radical (unpaired) electrons. The Kier molecular flexibility index (Phi) is 2.46. The average molecular weight is 208 g/mol. The molecule has 3 heteroatoms. The third-order valence-electron chi connectivity index (χ3n) is 3.13. The van der Waals surface area contributed by atoms with Crippen molar-refractivity contribution in [1.82, 2.24) is 4.73 Å². The van der Waals surface area contributed by atoms with E-state index in [0.29, 0.717) is 16.0 Å². The molecular formula is C12H17NO2. The molecule has 0 amide bonds. The topological polar surface area (TPSA) is 42.2 Å². The molecule has 1 aromatic heterocycles. The number of hydrogen-bond acceptors (Lipinski definition) is 2. The molecule has 1 saturated carbocycles. The van der Waals surface area contributed by atoms with Gasteiger partial charge in [0.2, 0.25) is 0 Å². The Morgan fingerprint density at radius 2 is 2.13 bits per heavy atom. The predicted octanol–water partition coefficient (Wildman–Crippen LogP) is 2.44. The molecule has 1 fully saturated rings. The van der Waals surface area contributed by atoms with E-state index >= 15 is 0 Å². The zero-order valence-electron chi connectivity index (χ0n) is 9.99. The largest absolute Gasteiger partial charge is 0.425 e. The van der Waals surface area contributed by atoms with Crippen LogP contribution in [0.25, 0.3) is 0 Å². The van der Waals surface area contributed by atoms with Gasteiger partial charge in [0.1, 0.15) is 0 Å². The lowest BCUT2D eigenvalue weighted by Gasteiger charge is -2.22. The van der Waals surface area contributed by atoms with E-state index in [-0.39, 0.29) is 12.0 Å². The lowest BCUT2D eigenvalue weighted by Crippen LogP contribution is -2.23. The minimum absolute atomic E-state index is 0.109. The van der Waals surface area contributed by atoms with Gasteiger partial charge in [-0.1, -0.05) is 19.3 Å². The maximum absolute atomic E-state index is 11.6. The molecule has 0 bridgehead atoms. The van der Waals surface area contributed by atoms with Crippen LogP contribution in [-0.4, -0.2) is 9.94 Å². The van der Waals surface area contributed by atoms with Crippen LogP contribution >= 0.6 is 0 Å².